The maximum absolute atomic E-state index is 14.2. The van der Waals surface area contributed by atoms with E-state index < -0.39 is 23.3 Å². The summed E-state index contributed by atoms with van der Waals surface area (Å²) in [6.07, 6.45) is 0. The molecule has 0 aliphatic carbocycles. The number of nitrogens with one attached hydrogen (secondary N) is 1. The summed E-state index contributed by atoms with van der Waals surface area (Å²) in [5.74, 6) is -1.63. The fraction of sp³-hybridized carbons (Fsp3) is 0.0909. The number of esters is 1. The van der Waals surface area contributed by atoms with Gasteiger partial charge in [0.15, 0.2) is 5.13 Å². The number of carbonyl (C=O) groups is 2. The third-order valence-electron chi connectivity index (χ3n) is 4.46. The summed E-state index contributed by atoms with van der Waals surface area (Å²) in [6.45, 7) is 1.14. The van der Waals surface area contributed by atoms with Crippen molar-refractivity contribution in [2.75, 3.05) is 4.90 Å². The van der Waals surface area contributed by atoms with E-state index in [2.05, 4.69) is 9.97 Å². The lowest BCUT2D eigenvalue weighted by Crippen LogP contribution is -2.23. The molecule has 2 aromatic heterocycles. The van der Waals surface area contributed by atoms with Crippen LogP contribution in [0.2, 0.25) is 0 Å². The number of hydrogen-bond donors (Lipinski definition) is 1. The van der Waals surface area contributed by atoms with Gasteiger partial charge in [-0.25, -0.2) is 14.2 Å². The van der Waals surface area contributed by atoms with E-state index in [-0.39, 0.29) is 23.0 Å². The molecule has 31 heavy (non-hydrogen) atoms. The standard InChI is InChI=1S/C22H16FN3O4S/c1-13(27)26(19-9-5-3-7-17(19)23)22-24-14(12-31-22)11-30-21(29)16-10-20(28)25-18-8-4-2-6-15(16)18/h2-10,12H,11H2,1H3,(H,25,28). The van der Waals surface area contributed by atoms with E-state index in [4.69, 9.17) is 4.74 Å². The highest BCUT2D eigenvalue weighted by molar-refractivity contribution is 7.14. The van der Waals surface area contributed by atoms with Crippen molar-refractivity contribution in [3.8, 4) is 0 Å². The quantitative estimate of drug-likeness (QED) is 0.473. The summed E-state index contributed by atoms with van der Waals surface area (Å²) in [4.78, 5) is 44.7. The van der Waals surface area contributed by atoms with E-state index in [1.807, 2.05) is 0 Å². The summed E-state index contributed by atoms with van der Waals surface area (Å²) in [7, 11) is 0. The minimum atomic E-state index is -0.672. The van der Waals surface area contributed by atoms with Gasteiger partial charge < -0.3 is 9.72 Å². The van der Waals surface area contributed by atoms with Crippen LogP contribution in [0.4, 0.5) is 15.2 Å². The van der Waals surface area contributed by atoms with Crippen LogP contribution in [0.3, 0.4) is 0 Å². The van der Waals surface area contributed by atoms with E-state index >= 15 is 0 Å². The van der Waals surface area contributed by atoms with Crippen LogP contribution < -0.4 is 10.5 Å². The predicted octanol–water partition coefficient (Wildman–Crippen LogP) is 4.17. The van der Waals surface area contributed by atoms with Gasteiger partial charge in [0.05, 0.1) is 16.9 Å². The van der Waals surface area contributed by atoms with Gasteiger partial charge in [-0.15, -0.1) is 11.3 Å². The molecule has 7 nitrogen and oxygen atoms in total. The van der Waals surface area contributed by atoms with Crippen molar-refractivity contribution in [3.05, 3.63) is 87.4 Å². The smallest absolute Gasteiger partial charge is 0.339 e. The number of anilines is 2. The van der Waals surface area contributed by atoms with Crippen LogP contribution in [0, 0.1) is 5.82 Å². The highest BCUT2D eigenvalue weighted by Crippen LogP contribution is 2.31. The minimum absolute atomic E-state index is 0.0860. The lowest BCUT2D eigenvalue weighted by molar-refractivity contribution is -0.115. The van der Waals surface area contributed by atoms with Crippen molar-refractivity contribution in [2.24, 2.45) is 0 Å². The fourth-order valence-electron chi connectivity index (χ4n) is 3.10. The van der Waals surface area contributed by atoms with E-state index in [0.29, 0.717) is 16.6 Å². The van der Waals surface area contributed by atoms with Crippen LogP contribution >= 0.6 is 11.3 Å². The van der Waals surface area contributed by atoms with Gasteiger partial charge in [-0.3, -0.25) is 14.5 Å². The molecule has 0 aliphatic rings. The first kappa shape index (κ1) is 20.4. The van der Waals surface area contributed by atoms with Gasteiger partial charge in [0, 0.05) is 29.3 Å². The topological polar surface area (TPSA) is 92.4 Å². The predicted molar refractivity (Wildman–Crippen MR) is 115 cm³/mol. The number of H-pyrrole nitrogens is 1. The molecule has 0 atom stereocenters. The van der Waals surface area contributed by atoms with Gasteiger partial charge in [-0.05, 0) is 18.2 Å². The van der Waals surface area contributed by atoms with Crippen molar-refractivity contribution >= 4 is 44.9 Å². The molecule has 2 heterocycles. The second kappa shape index (κ2) is 8.49. The highest BCUT2D eigenvalue weighted by Gasteiger charge is 2.21. The third kappa shape index (κ3) is 4.22. The molecule has 0 radical (unpaired) electrons. The molecule has 1 amide bonds. The Morgan fingerprint density at radius 1 is 1.16 bits per heavy atom. The Hall–Kier alpha value is -3.85. The van der Waals surface area contributed by atoms with Crippen LogP contribution in [0.15, 0.2) is 64.8 Å². The molecule has 0 bridgehead atoms. The number of aromatic amines is 1. The first-order valence-corrected chi connectivity index (χ1v) is 10.1. The van der Waals surface area contributed by atoms with Crippen molar-refractivity contribution < 1.29 is 18.7 Å². The van der Waals surface area contributed by atoms with Gasteiger partial charge >= 0.3 is 5.97 Å². The number of rotatable bonds is 5. The number of para-hydroxylation sites is 2. The second-order valence-electron chi connectivity index (χ2n) is 6.60. The number of benzene rings is 2. The zero-order valence-electron chi connectivity index (χ0n) is 16.3. The number of amides is 1. The van der Waals surface area contributed by atoms with Crippen LogP contribution in [0.1, 0.15) is 23.0 Å². The molecule has 0 unspecified atom stereocenters. The van der Waals surface area contributed by atoms with Gasteiger partial charge in [-0.2, -0.15) is 0 Å². The van der Waals surface area contributed by atoms with Crippen molar-refractivity contribution in [3.63, 3.8) is 0 Å². The van der Waals surface area contributed by atoms with Gasteiger partial charge in [0.25, 0.3) is 0 Å². The lowest BCUT2D eigenvalue weighted by Gasteiger charge is -2.18. The number of aromatic nitrogens is 2. The average Bonchev–Trinajstić information content (AvgIpc) is 3.21. The number of halogens is 1. The Balaban J connectivity index is 1.55. The molecule has 1 N–H and O–H groups in total. The fourth-order valence-corrected chi connectivity index (χ4v) is 3.96. The number of ether oxygens (including phenoxy) is 1. The number of fused-ring (bicyclic) bond motifs is 1. The molecule has 0 saturated heterocycles. The number of hydrogen-bond acceptors (Lipinski definition) is 6. The summed E-state index contributed by atoms with van der Waals surface area (Å²) in [5, 5.41) is 2.44. The zero-order valence-corrected chi connectivity index (χ0v) is 17.1. The average molecular weight is 437 g/mol. The van der Waals surface area contributed by atoms with Gasteiger partial charge in [-0.1, -0.05) is 30.3 Å². The minimum Gasteiger partial charge on any atom is -0.456 e. The Morgan fingerprint density at radius 2 is 1.90 bits per heavy atom. The van der Waals surface area contributed by atoms with Crippen molar-refractivity contribution in [2.45, 2.75) is 13.5 Å². The molecule has 9 heteroatoms. The summed E-state index contributed by atoms with van der Waals surface area (Å²) >= 11 is 1.12. The normalized spacial score (nSPS) is 10.8. The van der Waals surface area contributed by atoms with Crippen LogP contribution in [-0.2, 0) is 16.1 Å². The molecular formula is C22H16FN3O4S. The number of carbonyl (C=O) groups excluding carboxylic acids is 2. The molecule has 4 rings (SSSR count). The maximum Gasteiger partial charge on any atom is 0.339 e. The van der Waals surface area contributed by atoms with Gasteiger partial charge in [0.1, 0.15) is 12.4 Å². The zero-order chi connectivity index (χ0) is 22.0. The summed E-state index contributed by atoms with van der Waals surface area (Å²) in [6, 6.07) is 14.0. The monoisotopic (exact) mass is 437 g/mol. The molecule has 0 saturated carbocycles. The first-order valence-electron chi connectivity index (χ1n) is 9.23. The number of thiazole rings is 1. The summed E-state index contributed by atoms with van der Waals surface area (Å²) < 4.78 is 19.5. The molecule has 4 aromatic rings. The number of nitrogens with zero attached hydrogens (tertiary/aromatic N) is 2. The van der Waals surface area contributed by atoms with E-state index in [0.717, 1.165) is 16.2 Å². The molecule has 0 spiro atoms. The lowest BCUT2D eigenvalue weighted by atomic mass is 10.1. The molecular weight excluding hydrogens is 421 g/mol. The Labute approximate surface area is 179 Å². The first-order chi connectivity index (χ1) is 14.9. The van der Waals surface area contributed by atoms with Crippen molar-refractivity contribution in [1.29, 1.82) is 0 Å². The molecule has 2 aromatic carbocycles. The molecule has 156 valence electrons. The molecule has 0 fully saturated rings. The van der Waals surface area contributed by atoms with E-state index in [9.17, 15) is 18.8 Å². The number of pyridine rings is 1. The van der Waals surface area contributed by atoms with Crippen molar-refractivity contribution in [1.82, 2.24) is 9.97 Å². The highest BCUT2D eigenvalue weighted by atomic mass is 32.1. The van der Waals surface area contributed by atoms with E-state index in [1.165, 1.54) is 31.2 Å². The third-order valence-corrected chi connectivity index (χ3v) is 5.34. The maximum atomic E-state index is 14.2. The van der Waals surface area contributed by atoms with E-state index in [1.54, 1.807) is 35.7 Å². The van der Waals surface area contributed by atoms with Gasteiger partial charge in [0.2, 0.25) is 11.5 Å². The largest absolute Gasteiger partial charge is 0.456 e. The second-order valence-corrected chi connectivity index (χ2v) is 7.43. The van der Waals surface area contributed by atoms with Crippen LogP contribution in [0.5, 0.6) is 0 Å². The molecule has 0 aliphatic heterocycles. The Morgan fingerprint density at radius 3 is 2.68 bits per heavy atom. The Bertz CT molecular complexity index is 1350. The van der Waals surface area contributed by atoms with Crippen LogP contribution in [0.25, 0.3) is 10.9 Å². The SMILES string of the molecule is CC(=O)N(c1nc(COC(=O)c2cc(=O)[nH]c3ccccc23)cs1)c1ccccc1F. The Kier molecular flexibility index (Phi) is 5.59. The van der Waals surface area contributed by atoms with Crippen LogP contribution in [-0.4, -0.2) is 21.8 Å². The summed E-state index contributed by atoms with van der Waals surface area (Å²) in [5.41, 5.74) is 0.739.